The van der Waals surface area contributed by atoms with Gasteiger partial charge in [-0.15, -0.1) is 0 Å². The molecule has 0 spiro atoms. The van der Waals surface area contributed by atoms with Crippen molar-refractivity contribution in [2.45, 2.75) is 6.92 Å². The molecule has 1 aromatic carbocycles. The van der Waals surface area contributed by atoms with E-state index in [2.05, 4.69) is 21.0 Å². The molecule has 7 heteroatoms. The zero-order valence-corrected chi connectivity index (χ0v) is 13.2. The van der Waals surface area contributed by atoms with Crippen molar-refractivity contribution in [3.8, 4) is 5.69 Å². The molecule has 1 heterocycles. The third kappa shape index (κ3) is 3.49. The van der Waals surface area contributed by atoms with Crippen LogP contribution in [0.1, 0.15) is 16.1 Å². The van der Waals surface area contributed by atoms with Gasteiger partial charge in [0.15, 0.2) is 0 Å². The van der Waals surface area contributed by atoms with Gasteiger partial charge in [-0.25, -0.2) is 4.68 Å². The summed E-state index contributed by atoms with van der Waals surface area (Å²) in [5.41, 5.74) is 2.13. The fraction of sp³-hybridized carbons (Fsp3) is 0.214. The van der Waals surface area contributed by atoms with Crippen LogP contribution in [-0.2, 0) is 4.79 Å². The Labute approximate surface area is 130 Å². The van der Waals surface area contributed by atoms with Crippen molar-refractivity contribution in [2.24, 2.45) is 0 Å². The summed E-state index contributed by atoms with van der Waals surface area (Å²) in [7, 11) is 1.44. The van der Waals surface area contributed by atoms with Crippen molar-refractivity contribution >= 4 is 27.8 Å². The molecule has 110 valence electrons. The van der Waals surface area contributed by atoms with Crippen LogP contribution in [0, 0.1) is 6.92 Å². The number of likely N-dealkylation sites (N-methyl/N-ethyl adjacent to an activating group) is 1. The second-order valence-corrected chi connectivity index (χ2v) is 5.47. The van der Waals surface area contributed by atoms with Crippen molar-refractivity contribution in [1.29, 1.82) is 0 Å². The highest BCUT2D eigenvalue weighted by atomic mass is 79.9. The molecule has 0 aliphatic heterocycles. The lowest BCUT2D eigenvalue weighted by atomic mass is 10.2. The second-order valence-electron chi connectivity index (χ2n) is 4.65. The van der Waals surface area contributed by atoms with E-state index in [0.29, 0.717) is 10.3 Å². The monoisotopic (exact) mass is 351 g/mol. The van der Waals surface area contributed by atoms with Crippen LogP contribution in [-0.4, -0.2) is 45.3 Å². The van der Waals surface area contributed by atoms with Crippen LogP contribution in [0.25, 0.3) is 5.69 Å². The fourth-order valence-electron chi connectivity index (χ4n) is 1.86. The van der Waals surface area contributed by atoms with Gasteiger partial charge in [0, 0.05) is 13.1 Å². The summed E-state index contributed by atoms with van der Waals surface area (Å²) in [5, 5.41) is 13.0. The van der Waals surface area contributed by atoms with Gasteiger partial charge in [0.2, 0.25) is 0 Å². The third-order valence-corrected chi connectivity index (χ3v) is 3.28. The maximum atomic E-state index is 12.3. The van der Waals surface area contributed by atoms with Crippen LogP contribution in [0.15, 0.2) is 34.9 Å². The number of rotatable bonds is 4. The maximum Gasteiger partial charge on any atom is 0.323 e. The lowest BCUT2D eigenvalue weighted by Crippen LogP contribution is -2.33. The summed E-state index contributed by atoms with van der Waals surface area (Å²) in [5.74, 6) is -1.47. The average Bonchev–Trinajstić information content (AvgIpc) is 2.80. The van der Waals surface area contributed by atoms with Crippen molar-refractivity contribution in [1.82, 2.24) is 14.7 Å². The van der Waals surface area contributed by atoms with Gasteiger partial charge < -0.3 is 10.0 Å². The van der Waals surface area contributed by atoms with E-state index in [1.807, 2.05) is 31.2 Å². The second kappa shape index (κ2) is 6.09. The number of hydrogen-bond donors (Lipinski definition) is 1. The number of carbonyl (C=O) groups excluding carboxylic acids is 1. The Hall–Kier alpha value is -2.15. The number of aromatic nitrogens is 2. The fourth-order valence-corrected chi connectivity index (χ4v) is 2.23. The zero-order valence-electron chi connectivity index (χ0n) is 11.6. The summed E-state index contributed by atoms with van der Waals surface area (Å²) in [4.78, 5) is 24.2. The normalized spacial score (nSPS) is 10.4. The van der Waals surface area contributed by atoms with E-state index < -0.39 is 11.9 Å². The van der Waals surface area contributed by atoms with Crippen LogP contribution in [0.4, 0.5) is 0 Å². The average molecular weight is 352 g/mol. The standard InChI is InChI=1S/C14H14BrN3O3/c1-9-3-5-10(6-4-9)18-11(7-12(15)16-18)14(21)17(2)8-13(19)20/h3-7H,8H2,1-2H3,(H,19,20). The van der Waals surface area contributed by atoms with Crippen LogP contribution in [0.3, 0.4) is 0 Å². The van der Waals surface area contributed by atoms with Gasteiger partial charge in [-0.05, 0) is 35.0 Å². The number of carbonyl (C=O) groups is 2. The van der Waals surface area contributed by atoms with Gasteiger partial charge in [0.1, 0.15) is 16.8 Å². The van der Waals surface area contributed by atoms with Crippen molar-refractivity contribution in [3.05, 3.63) is 46.2 Å². The van der Waals surface area contributed by atoms with E-state index >= 15 is 0 Å². The predicted molar refractivity (Wildman–Crippen MR) is 80.6 cm³/mol. The van der Waals surface area contributed by atoms with E-state index in [9.17, 15) is 9.59 Å². The van der Waals surface area contributed by atoms with Crippen molar-refractivity contribution in [3.63, 3.8) is 0 Å². The lowest BCUT2D eigenvalue weighted by molar-refractivity contribution is -0.137. The van der Waals surface area contributed by atoms with Gasteiger partial charge in [0.25, 0.3) is 5.91 Å². The summed E-state index contributed by atoms with van der Waals surface area (Å²) < 4.78 is 2.00. The highest BCUT2D eigenvalue weighted by Gasteiger charge is 2.20. The van der Waals surface area contributed by atoms with Gasteiger partial charge >= 0.3 is 5.97 Å². The van der Waals surface area contributed by atoms with Gasteiger partial charge in [-0.3, -0.25) is 9.59 Å². The molecule has 1 aromatic heterocycles. The number of amides is 1. The van der Waals surface area contributed by atoms with E-state index in [1.54, 1.807) is 6.07 Å². The first-order valence-electron chi connectivity index (χ1n) is 6.18. The molecule has 21 heavy (non-hydrogen) atoms. The molecule has 0 radical (unpaired) electrons. The smallest absolute Gasteiger partial charge is 0.323 e. The first-order chi connectivity index (χ1) is 9.88. The Balaban J connectivity index is 2.39. The SMILES string of the molecule is Cc1ccc(-n2nc(Br)cc2C(=O)N(C)CC(=O)O)cc1. The summed E-state index contributed by atoms with van der Waals surface area (Å²) in [6.07, 6.45) is 0. The van der Waals surface area contributed by atoms with Gasteiger partial charge in [-0.2, -0.15) is 5.10 Å². The minimum absolute atomic E-state index is 0.300. The molecule has 0 saturated heterocycles. The highest BCUT2D eigenvalue weighted by Crippen LogP contribution is 2.18. The molecule has 1 N–H and O–H groups in total. The van der Waals surface area contributed by atoms with E-state index in [0.717, 1.165) is 16.2 Å². The molecule has 2 aromatic rings. The highest BCUT2D eigenvalue weighted by molar-refractivity contribution is 9.10. The minimum atomic E-state index is -1.06. The molecule has 0 aliphatic rings. The topological polar surface area (TPSA) is 75.4 Å². The van der Waals surface area contributed by atoms with Gasteiger partial charge in [-0.1, -0.05) is 17.7 Å². The zero-order chi connectivity index (χ0) is 15.6. The molecule has 2 rings (SSSR count). The minimum Gasteiger partial charge on any atom is -0.480 e. The third-order valence-electron chi connectivity index (χ3n) is 2.90. The van der Waals surface area contributed by atoms with Crippen LogP contribution in [0.2, 0.25) is 0 Å². The molecule has 0 bridgehead atoms. The number of carboxylic acids is 1. The number of aryl methyl sites for hydroxylation is 1. The van der Waals surface area contributed by atoms with Crippen molar-refractivity contribution < 1.29 is 14.7 Å². The molecule has 0 aliphatic carbocycles. The maximum absolute atomic E-state index is 12.3. The summed E-state index contributed by atoms with van der Waals surface area (Å²) in [6.45, 7) is 1.60. The van der Waals surface area contributed by atoms with Gasteiger partial charge in [0.05, 0.1) is 5.69 Å². The lowest BCUT2D eigenvalue weighted by Gasteiger charge is -2.15. The number of halogens is 1. The molecule has 0 fully saturated rings. The molecular formula is C14H14BrN3O3. The van der Waals surface area contributed by atoms with E-state index in [4.69, 9.17) is 5.11 Å². The quantitative estimate of drug-likeness (QED) is 0.915. The summed E-state index contributed by atoms with van der Waals surface area (Å²) >= 11 is 3.24. The number of benzene rings is 1. The van der Waals surface area contributed by atoms with E-state index in [-0.39, 0.29) is 6.54 Å². The number of hydrogen-bond acceptors (Lipinski definition) is 3. The van der Waals surface area contributed by atoms with Crippen molar-refractivity contribution in [2.75, 3.05) is 13.6 Å². The summed E-state index contributed by atoms with van der Waals surface area (Å²) in [6, 6.07) is 9.10. The molecule has 0 saturated carbocycles. The Kier molecular flexibility index (Phi) is 4.42. The number of nitrogens with zero attached hydrogens (tertiary/aromatic N) is 3. The first-order valence-corrected chi connectivity index (χ1v) is 6.97. The van der Waals surface area contributed by atoms with Crippen LogP contribution in [0.5, 0.6) is 0 Å². The number of aliphatic carboxylic acids is 1. The molecule has 0 unspecified atom stereocenters. The van der Waals surface area contributed by atoms with Crippen LogP contribution < -0.4 is 0 Å². The largest absolute Gasteiger partial charge is 0.480 e. The molecule has 1 amide bonds. The molecule has 0 atom stereocenters. The number of carboxylic acid groups (broad SMARTS) is 1. The Bertz CT molecular complexity index is 679. The Morgan fingerprint density at radius 2 is 1.95 bits per heavy atom. The predicted octanol–water partition coefficient (Wildman–Crippen LogP) is 2.10. The van der Waals surface area contributed by atoms with E-state index in [1.165, 1.54) is 11.7 Å². The Morgan fingerprint density at radius 3 is 2.52 bits per heavy atom. The molecular weight excluding hydrogens is 338 g/mol. The van der Waals surface area contributed by atoms with Crippen LogP contribution >= 0.6 is 15.9 Å². The Morgan fingerprint density at radius 1 is 1.33 bits per heavy atom. The first kappa shape index (κ1) is 15.2. The molecule has 6 nitrogen and oxygen atoms in total.